The fraction of sp³-hybridized carbons (Fsp3) is 0.545. The number of amides is 3. The number of nitrogens with one attached hydrogen (secondary N) is 2. The van der Waals surface area contributed by atoms with Gasteiger partial charge in [-0.05, 0) is 96.2 Å². The van der Waals surface area contributed by atoms with Gasteiger partial charge in [0.2, 0.25) is 5.91 Å². The molecule has 2 N–H and O–H groups in total. The van der Waals surface area contributed by atoms with Gasteiger partial charge in [0, 0.05) is 11.2 Å². The topological polar surface area (TPSA) is 97.0 Å². The number of hydrogen-bond acceptors (Lipinski definition) is 5. The molecule has 8 heteroatoms. The fourth-order valence-corrected chi connectivity index (χ4v) is 4.55. The van der Waals surface area contributed by atoms with Gasteiger partial charge in [0.05, 0.1) is 7.11 Å². The number of rotatable bonds is 11. The van der Waals surface area contributed by atoms with Gasteiger partial charge in [-0.2, -0.15) is 0 Å². The first kappa shape index (κ1) is 33.7. The average molecular weight is 568 g/mol. The maximum absolute atomic E-state index is 14.7. The van der Waals surface area contributed by atoms with Crippen LogP contribution in [0.4, 0.5) is 10.5 Å². The van der Waals surface area contributed by atoms with Crippen LogP contribution in [-0.2, 0) is 14.3 Å². The molecule has 0 bridgehead atoms. The zero-order chi connectivity index (χ0) is 31.1. The maximum atomic E-state index is 14.7. The number of benzene rings is 2. The Hall–Kier alpha value is -3.55. The van der Waals surface area contributed by atoms with Crippen molar-refractivity contribution in [2.75, 3.05) is 12.4 Å². The van der Waals surface area contributed by atoms with Crippen LogP contribution in [0.5, 0.6) is 5.75 Å². The summed E-state index contributed by atoms with van der Waals surface area (Å²) < 4.78 is 10.8. The molecule has 226 valence electrons. The van der Waals surface area contributed by atoms with Crippen LogP contribution in [0.15, 0.2) is 42.5 Å². The van der Waals surface area contributed by atoms with Gasteiger partial charge in [0.15, 0.2) is 0 Å². The lowest BCUT2D eigenvalue weighted by molar-refractivity contribution is -0.148. The van der Waals surface area contributed by atoms with E-state index in [0.29, 0.717) is 24.3 Å². The van der Waals surface area contributed by atoms with E-state index in [4.69, 9.17) is 9.47 Å². The number of ether oxygens (including phenoxy) is 2. The quantitative estimate of drug-likeness (QED) is 0.306. The van der Waals surface area contributed by atoms with Gasteiger partial charge in [-0.1, -0.05) is 51.0 Å². The molecule has 2 aromatic carbocycles. The second-order valence-corrected chi connectivity index (χ2v) is 12.4. The maximum Gasteiger partial charge on any atom is 0.408 e. The molecule has 2 aromatic rings. The number of carbonyl (C=O) groups is 3. The average Bonchev–Trinajstić information content (AvgIpc) is 2.90. The summed E-state index contributed by atoms with van der Waals surface area (Å²) in [6.45, 7) is 19.0. The smallest absolute Gasteiger partial charge is 0.408 e. The van der Waals surface area contributed by atoms with Crippen molar-refractivity contribution < 1.29 is 23.9 Å². The third-order valence-corrected chi connectivity index (χ3v) is 7.50. The van der Waals surface area contributed by atoms with Crippen molar-refractivity contribution in [2.24, 2.45) is 5.92 Å². The van der Waals surface area contributed by atoms with Gasteiger partial charge in [-0.25, -0.2) is 4.79 Å². The van der Waals surface area contributed by atoms with Crippen LogP contribution >= 0.6 is 0 Å². The second-order valence-electron chi connectivity index (χ2n) is 12.4. The Morgan fingerprint density at radius 2 is 1.56 bits per heavy atom. The fourth-order valence-electron chi connectivity index (χ4n) is 4.55. The summed E-state index contributed by atoms with van der Waals surface area (Å²) >= 11 is 0. The Balaban J connectivity index is 2.70. The van der Waals surface area contributed by atoms with Crippen LogP contribution in [0.25, 0.3) is 0 Å². The van der Waals surface area contributed by atoms with Crippen LogP contribution in [-0.4, -0.2) is 47.1 Å². The minimum absolute atomic E-state index is 0.214. The number of alkyl carbamates (subject to hydrolysis) is 1. The van der Waals surface area contributed by atoms with Gasteiger partial charge < -0.3 is 25.0 Å². The van der Waals surface area contributed by atoms with E-state index in [2.05, 4.69) is 10.6 Å². The van der Waals surface area contributed by atoms with E-state index in [9.17, 15) is 14.4 Å². The summed E-state index contributed by atoms with van der Waals surface area (Å²) in [6.07, 6.45) is 0.547. The third-order valence-electron chi connectivity index (χ3n) is 7.50. The summed E-state index contributed by atoms with van der Waals surface area (Å²) in [4.78, 5) is 43.5. The summed E-state index contributed by atoms with van der Waals surface area (Å²) in [5.41, 5.74) is 1.70. The van der Waals surface area contributed by atoms with E-state index in [1.807, 2.05) is 66.7 Å². The molecule has 2 rings (SSSR count). The molecule has 0 heterocycles. The second kappa shape index (κ2) is 13.9. The monoisotopic (exact) mass is 567 g/mol. The highest BCUT2D eigenvalue weighted by Gasteiger charge is 2.44. The van der Waals surface area contributed by atoms with E-state index in [1.165, 1.54) is 0 Å². The van der Waals surface area contributed by atoms with Gasteiger partial charge in [0.25, 0.3) is 5.91 Å². The van der Waals surface area contributed by atoms with Crippen molar-refractivity contribution in [2.45, 2.75) is 105 Å². The predicted molar refractivity (Wildman–Crippen MR) is 164 cm³/mol. The van der Waals surface area contributed by atoms with Gasteiger partial charge in [-0.3, -0.25) is 9.59 Å². The number of nitrogens with zero attached hydrogens (tertiary/aromatic N) is 1. The van der Waals surface area contributed by atoms with E-state index in [-0.39, 0.29) is 17.7 Å². The molecule has 3 amide bonds. The predicted octanol–water partition coefficient (Wildman–Crippen LogP) is 6.95. The Morgan fingerprint density at radius 1 is 0.951 bits per heavy atom. The van der Waals surface area contributed by atoms with E-state index >= 15 is 0 Å². The first-order chi connectivity index (χ1) is 19.0. The molecule has 3 unspecified atom stereocenters. The van der Waals surface area contributed by atoms with Crippen LogP contribution in [0.3, 0.4) is 0 Å². The molecule has 0 radical (unpaired) electrons. The molecule has 0 aliphatic rings. The van der Waals surface area contributed by atoms with Gasteiger partial charge >= 0.3 is 6.09 Å². The Morgan fingerprint density at radius 3 is 2.07 bits per heavy atom. The molecule has 8 nitrogen and oxygen atoms in total. The lowest BCUT2D eigenvalue weighted by atomic mass is 9.88. The molecule has 0 saturated carbocycles. The number of hydrogen-bond donors (Lipinski definition) is 2. The largest absolute Gasteiger partial charge is 0.497 e. The van der Waals surface area contributed by atoms with E-state index in [0.717, 1.165) is 16.7 Å². The number of methoxy groups -OCH3 is 1. The molecular weight excluding hydrogens is 518 g/mol. The lowest BCUT2D eigenvalue weighted by Gasteiger charge is -2.45. The molecule has 0 fully saturated rings. The van der Waals surface area contributed by atoms with Crippen molar-refractivity contribution in [3.05, 3.63) is 59.2 Å². The first-order valence-electron chi connectivity index (χ1n) is 14.4. The molecule has 0 aliphatic heterocycles. The molecule has 0 aliphatic carbocycles. The molecule has 41 heavy (non-hydrogen) atoms. The van der Waals surface area contributed by atoms with Crippen molar-refractivity contribution in [3.63, 3.8) is 0 Å². The summed E-state index contributed by atoms with van der Waals surface area (Å²) in [5, 5.41) is 5.86. The van der Waals surface area contributed by atoms with Crippen molar-refractivity contribution in [3.8, 4) is 5.75 Å². The number of aryl methyl sites for hydroxylation is 2. The standard InChI is InChI=1S/C33H49N3O5/c1-12-22(4)27(35-31(39)41-32(6,7)8)30(38)36(33(9,10)13-2)28(26-20-21(3)14-15-23(26)5)29(37)34-24-16-18-25(40-11)19-17-24/h14-20,22,27-28H,12-13H2,1-11H3,(H,34,37)(H,35,39). The van der Waals surface area contributed by atoms with Crippen LogP contribution < -0.4 is 15.4 Å². The zero-order valence-corrected chi connectivity index (χ0v) is 26.7. The van der Waals surface area contributed by atoms with Crippen molar-refractivity contribution >= 4 is 23.6 Å². The van der Waals surface area contributed by atoms with Crippen LogP contribution in [0, 0.1) is 19.8 Å². The van der Waals surface area contributed by atoms with E-state index < -0.39 is 29.3 Å². The van der Waals surface area contributed by atoms with Crippen LogP contribution in [0.1, 0.15) is 91.0 Å². The van der Waals surface area contributed by atoms with Gasteiger partial charge in [-0.15, -0.1) is 0 Å². The highest BCUT2D eigenvalue weighted by Crippen LogP contribution is 2.35. The molecule has 0 aromatic heterocycles. The molecule has 0 saturated heterocycles. The Kier molecular flexibility index (Phi) is 11.4. The zero-order valence-electron chi connectivity index (χ0n) is 26.7. The first-order valence-corrected chi connectivity index (χ1v) is 14.4. The molecule has 0 spiro atoms. The Bertz CT molecular complexity index is 1200. The number of anilines is 1. The summed E-state index contributed by atoms with van der Waals surface area (Å²) in [6, 6.07) is 11.1. The highest BCUT2D eigenvalue weighted by molar-refractivity contribution is 5.99. The van der Waals surface area contributed by atoms with Crippen LogP contribution in [0.2, 0.25) is 0 Å². The van der Waals surface area contributed by atoms with E-state index in [1.54, 1.807) is 57.0 Å². The SMILES string of the molecule is CCC(C)C(NC(=O)OC(C)(C)C)C(=O)N(C(C(=O)Nc1ccc(OC)cc1)c1cc(C)ccc1C)C(C)(C)CC. The minimum Gasteiger partial charge on any atom is -0.497 e. The lowest BCUT2D eigenvalue weighted by Crippen LogP contribution is -2.60. The summed E-state index contributed by atoms with van der Waals surface area (Å²) in [7, 11) is 1.58. The molecule has 3 atom stereocenters. The van der Waals surface area contributed by atoms with Gasteiger partial charge in [0.1, 0.15) is 23.4 Å². The summed E-state index contributed by atoms with van der Waals surface area (Å²) in [5.74, 6) is -0.233. The normalized spacial score (nSPS) is 13.9. The van der Waals surface area contributed by atoms with Crippen molar-refractivity contribution in [1.82, 2.24) is 10.2 Å². The number of carbonyl (C=O) groups excluding carboxylic acids is 3. The minimum atomic E-state index is -0.966. The Labute approximate surface area is 246 Å². The highest BCUT2D eigenvalue weighted by atomic mass is 16.6. The van der Waals surface area contributed by atoms with Crippen molar-refractivity contribution in [1.29, 1.82) is 0 Å². The molecular formula is C33H49N3O5. The third kappa shape index (κ3) is 8.97.